The van der Waals surface area contributed by atoms with Crippen molar-refractivity contribution >= 4 is 0 Å². The fourth-order valence-electron chi connectivity index (χ4n) is 3.52. The van der Waals surface area contributed by atoms with Crippen molar-refractivity contribution in [1.82, 2.24) is 14.9 Å². The summed E-state index contributed by atoms with van der Waals surface area (Å²) in [5.41, 5.74) is 2.61. The third-order valence-corrected chi connectivity index (χ3v) is 4.73. The molecule has 1 saturated heterocycles. The number of piperidine rings is 1. The number of ether oxygens (including phenoxy) is 1. The average molecular weight is 313 g/mol. The zero-order valence-electron chi connectivity index (χ0n) is 14.2. The second-order valence-corrected chi connectivity index (χ2v) is 6.63. The molecule has 1 fully saturated rings. The van der Waals surface area contributed by atoms with Gasteiger partial charge in [0.2, 0.25) is 0 Å². The first-order valence-electron chi connectivity index (χ1n) is 8.58. The van der Waals surface area contributed by atoms with Gasteiger partial charge in [-0.1, -0.05) is 12.1 Å². The van der Waals surface area contributed by atoms with Crippen molar-refractivity contribution in [3.63, 3.8) is 0 Å². The van der Waals surface area contributed by atoms with Gasteiger partial charge in [0.15, 0.2) is 0 Å². The number of rotatable bonds is 6. The van der Waals surface area contributed by atoms with E-state index in [2.05, 4.69) is 33.1 Å². The molecule has 0 bridgehead atoms. The molecule has 0 amide bonds. The molecule has 0 aliphatic carbocycles. The smallest absolute Gasteiger partial charge is 0.119 e. The number of benzene rings is 1. The molecule has 1 aliphatic heterocycles. The van der Waals surface area contributed by atoms with E-state index in [1.54, 1.807) is 7.11 Å². The van der Waals surface area contributed by atoms with Crippen molar-refractivity contribution in [3.05, 3.63) is 47.5 Å². The SMILES string of the molecule is COc1cccc(CCC2CCCN(Cc3cnc(C)[nH]3)C2)c1. The van der Waals surface area contributed by atoms with Crippen molar-refractivity contribution in [2.75, 3.05) is 20.2 Å². The normalized spacial score (nSPS) is 19.0. The van der Waals surface area contributed by atoms with E-state index < -0.39 is 0 Å². The maximum atomic E-state index is 5.31. The number of nitrogens with one attached hydrogen (secondary N) is 1. The van der Waals surface area contributed by atoms with E-state index in [9.17, 15) is 0 Å². The Kier molecular flexibility index (Phi) is 5.34. The summed E-state index contributed by atoms with van der Waals surface area (Å²) in [5.74, 6) is 2.76. The average Bonchev–Trinajstić information content (AvgIpc) is 2.98. The Balaban J connectivity index is 1.50. The molecule has 124 valence electrons. The van der Waals surface area contributed by atoms with Gasteiger partial charge in [-0.05, 0) is 62.8 Å². The van der Waals surface area contributed by atoms with Crippen LogP contribution in [-0.4, -0.2) is 35.1 Å². The topological polar surface area (TPSA) is 41.1 Å². The van der Waals surface area contributed by atoms with Crippen LogP contribution in [0, 0.1) is 12.8 Å². The molecular weight excluding hydrogens is 286 g/mol. The van der Waals surface area contributed by atoms with Gasteiger partial charge in [-0.3, -0.25) is 4.90 Å². The fraction of sp³-hybridized carbons (Fsp3) is 0.526. The van der Waals surface area contributed by atoms with Crippen molar-refractivity contribution in [2.45, 2.75) is 39.2 Å². The molecule has 0 radical (unpaired) electrons. The molecule has 4 heteroatoms. The number of imidazole rings is 1. The molecule has 1 aromatic heterocycles. The monoisotopic (exact) mass is 313 g/mol. The molecule has 2 heterocycles. The molecule has 2 aromatic rings. The lowest BCUT2D eigenvalue weighted by Crippen LogP contribution is -2.35. The molecule has 1 aliphatic rings. The van der Waals surface area contributed by atoms with Gasteiger partial charge in [0.25, 0.3) is 0 Å². The highest BCUT2D eigenvalue weighted by atomic mass is 16.5. The van der Waals surface area contributed by atoms with E-state index in [4.69, 9.17) is 4.74 Å². The first-order chi connectivity index (χ1) is 11.2. The zero-order valence-corrected chi connectivity index (χ0v) is 14.2. The number of aromatic amines is 1. The van der Waals surface area contributed by atoms with Crippen LogP contribution in [0.5, 0.6) is 5.75 Å². The molecule has 3 rings (SSSR count). The van der Waals surface area contributed by atoms with Crippen LogP contribution in [0.2, 0.25) is 0 Å². The summed E-state index contributed by atoms with van der Waals surface area (Å²) in [4.78, 5) is 10.2. The van der Waals surface area contributed by atoms with E-state index in [1.165, 1.54) is 43.6 Å². The van der Waals surface area contributed by atoms with Crippen LogP contribution in [-0.2, 0) is 13.0 Å². The third kappa shape index (κ3) is 4.58. The van der Waals surface area contributed by atoms with Crippen LogP contribution in [0.1, 0.15) is 36.3 Å². The summed E-state index contributed by atoms with van der Waals surface area (Å²) in [6.07, 6.45) is 7.01. The van der Waals surface area contributed by atoms with Crippen molar-refractivity contribution in [2.24, 2.45) is 5.92 Å². The van der Waals surface area contributed by atoms with Gasteiger partial charge in [-0.25, -0.2) is 4.98 Å². The molecule has 1 unspecified atom stereocenters. The van der Waals surface area contributed by atoms with E-state index in [0.29, 0.717) is 0 Å². The van der Waals surface area contributed by atoms with E-state index >= 15 is 0 Å². The molecule has 23 heavy (non-hydrogen) atoms. The van der Waals surface area contributed by atoms with Gasteiger partial charge in [-0.15, -0.1) is 0 Å². The standard InChI is InChI=1S/C19H27N3O/c1-15-20-12-18(21-15)14-22-10-4-6-17(13-22)9-8-16-5-3-7-19(11-16)23-2/h3,5,7,11-12,17H,4,6,8-10,13-14H2,1-2H3,(H,20,21). The lowest BCUT2D eigenvalue weighted by atomic mass is 9.91. The molecule has 4 nitrogen and oxygen atoms in total. The zero-order chi connectivity index (χ0) is 16.1. The van der Waals surface area contributed by atoms with Gasteiger partial charge in [0.1, 0.15) is 11.6 Å². The Morgan fingerprint density at radius 2 is 2.30 bits per heavy atom. The summed E-state index contributed by atoms with van der Waals surface area (Å²) in [7, 11) is 1.73. The predicted octanol–water partition coefficient (Wildman–Crippen LogP) is 3.57. The number of nitrogens with zero attached hydrogens (tertiary/aromatic N) is 2. The number of hydrogen-bond donors (Lipinski definition) is 1. The van der Waals surface area contributed by atoms with Crippen LogP contribution in [0.25, 0.3) is 0 Å². The Morgan fingerprint density at radius 1 is 1.39 bits per heavy atom. The molecular formula is C19H27N3O. The Bertz CT molecular complexity index is 623. The number of likely N-dealkylation sites (tertiary alicyclic amines) is 1. The summed E-state index contributed by atoms with van der Waals surface area (Å²) in [6, 6.07) is 8.46. The second-order valence-electron chi connectivity index (χ2n) is 6.63. The van der Waals surface area contributed by atoms with Gasteiger partial charge in [0.05, 0.1) is 7.11 Å². The van der Waals surface area contributed by atoms with Crippen LogP contribution < -0.4 is 4.74 Å². The Labute approximate surface area is 138 Å². The van der Waals surface area contributed by atoms with Crippen LogP contribution in [0.3, 0.4) is 0 Å². The number of aromatic nitrogens is 2. The number of aryl methyl sites for hydroxylation is 2. The summed E-state index contributed by atoms with van der Waals surface area (Å²) < 4.78 is 5.31. The molecule has 1 aromatic carbocycles. The molecule has 0 spiro atoms. The van der Waals surface area contributed by atoms with Crippen LogP contribution in [0.15, 0.2) is 30.5 Å². The second kappa shape index (κ2) is 7.64. The van der Waals surface area contributed by atoms with Gasteiger partial charge < -0.3 is 9.72 Å². The highest BCUT2D eigenvalue weighted by Gasteiger charge is 2.20. The Morgan fingerprint density at radius 3 is 3.09 bits per heavy atom. The molecule has 0 saturated carbocycles. The summed E-state index contributed by atoms with van der Waals surface area (Å²) in [5, 5.41) is 0. The molecule has 1 N–H and O–H groups in total. The third-order valence-electron chi connectivity index (χ3n) is 4.73. The minimum Gasteiger partial charge on any atom is -0.497 e. The van der Waals surface area contributed by atoms with Crippen molar-refractivity contribution < 1.29 is 4.74 Å². The minimum absolute atomic E-state index is 0.791. The van der Waals surface area contributed by atoms with Crippen LogP contribution >= 0.6 is 0 Å². The predicted molar refractivity (Wildman–Crippen MR) is 92.6 cm³/mol. The highest BCUT2D eigenvalue weighted by Crippen LogP contribution is 2.23. The summed E-state index contributed by atoms with van der Waals surface area (Å²) >= 11 is 0. The highest BCUT2D eigenvalue weighted by molar-refractivity contribution is 5.28. The quantitative estimate of drug-likeness (QED) is 0.886. The van der Waals surface area contributed by atoms with E-state index in [-0.39, 0.29) is 0 Å². The number of hydrogen-bond acceptors (Lipinski definition) is 3. The molecule has 1 atom stereocenters. The van der Waals surface area contributed by atoms with Crippen molar-refractivity contribution in [3.8, 4) is 5.75 Å². The van der Waals surface area contributed by atoms with Crippen molar-refractivity contribution in [1.29, 1.82) is 0 Å². The summed E-state index contributed by atoms with van der Waals surface area (Å²) in [6.45, 7) is 5.41. The fourth-order valence-corrected chi connectivity index (χ4v) is 3.52. The van der Waals surface area contributed by atoms with Gasteiger partial charge in [0, 0.05) is 25.0 Å². The minimum atomic E-state index is 0.791. The maximum absolute atomic E-state index is 5.31. The largest absolute Gasteiger partial charge is 0.497 e. The van der Waals surface area contributed by atoms with E-state index in [1.807, 2.05) is 19.2 Å². The lowest BCUT2D eigenvalue weighted by molar-refractivity contribution is 0.160. The first kappa shape index (κ1) is 16.1. The first-order valence-corrected chi connectivity index (χ1v) is 8.58. The van der Waals surface area contributed by atoms with E-state index in [0.717, 1.165) is 30.5 Å². The lowest BCUT2D eigenvalue weighted by Gasteiger charge is -2.32. The van der Waals surface area contributed by atoms with Gasteiger partial charge >= 0.3 is 0 Å². The maximum Gasteiger partial charge on any atom is 0.119 e. The van der Waals surface area contributed by atoms with Crippen LogP contribution in [0.4, 0.5) is 0 Å². The van der Waals surface area contributed by atoms with Gasteiger partial charge in [-0.2, -0.15) is 0 Å². The number of methoxy groups -OCH3 is 1. The Hall–Kier alpha value is -1.81. The number of H-pyrrole nitrogens is 1.